The zero-order valence-electron chi connectivity index (χ0n) is 18.4. The SMILES string of the molecule is CC(C)Cc1ccc(-c2ccccc2NC(=O)n2cc(C(=O)O)c(=O)c3ccccc32)cc1. The highest BCUT2D eigenvalue weighted by Gasteiger charge is 2.18. The fourth-order valence-electron chi connectivity index (χ4n) is 3.91. The van der Waals surface area contributed by atoms with Crippen LogP contribution in [0.2, 0.25) is 0 Å². The number of nitrogens with one attached hydrogen (secondary N) is 1. The predicted octanol–water partition coefficient (Wildman–Crippen LogP) is 5.65. The van der Waals surface area contributed by atoms with E-state index in [0.717, 1.165) is 23.7 Å². The summed E-state index contributed by atoms with van der Waals surface area (Å²) in [4.78, 5) is 37.3. The number of rotatable bonds is 5. The number of nitrogens with zero attached hydrogens (tertiary/aromatic N) is 1. The molecule has 0 radical (unpaired) electrons. The van der Waals surface area contributed by atoms with E-state index < -0.39 is 23.0 Å². The first-order valence-electron chi connectivity index (χ1n) is 10.7. The van der Waals surface area contributed by atoms with Crippen LogP contribution in [0.3, 0.4) is 0 Å². The van der Waals surface area contributed by atoms with Gasteiger partial charge < -0.3 is 10.4 Å². The Kier molecular flexibility index (Phi) is 6.09. The van der Waals surface area contributed by atoms with Crippen LogP contribution in [0, 0.1) is 5.92 Å². The van der Waals surface area contributed by atoms with Crippen LogP contribution in [0.5, 0.6) is 0 Å². The Morgan fingerprint density at radius 1 is 0.939 bits per heavy atom. The standard InChI is InChI=1S/C27H24N2O4/c1-17(2)15-18-11-13-19(14-12-18)20-7-3-5-9-23(20)28-27(33)29-16-22(26(31)32)25(30)21-8-4-6-10-24(21)29/h3-14,16-17H,15H2,1-2H3,(H,28,33)(H,31,32). The number of carboxylic acids is 1. The van der Waals surface area contributed by atoms with Gasteiger partial charge in [-0.2, -0.15) is 0 Å². The molecule has 0 bridgehead atoms. The number of carboxylic acid groups (broad SMARTS) is 1. The Morgan fingerprint density at radius 3 is 2.30 bits per heavy atom. The molecular weight excluding hydrogens is 416 g/mol. The van der Waals surface area contributed by atoms with Crippen LogP contribution in [0.15, 0.2) is 83.8 Å². The van der Waals surface area contributed by atoms with Crippen LogP contribution in [-0.4, -0.2) is 21.7 Å². The highest BCUT2D eigenvalue weighted by atomic mass is 16.4. The van der Waals surface area contributed by atoms with Crippen molar-refractivity contribution in [2.45, 2.75) is 20.3 Å². The van der Waals surface area contributed by atoms with Gasteiger partial charge in [-0.15, -0.1) is 0 Å². The molecule has 4 rings (SSSR count). The molecule has 1 heterocycles. The fraction of sp³-hybridized carbons (Fsp3) is 0.148. The maximum Gasteiger partial charge on any atom is 0.341 e. The summed E-state index contributed by atoms with van der Waals surface area (Å²) in [5.74, 6) is -0.820. The van der Waals surface area contributed by atoms with Crippen LogP contribution in [0.4, 0.5) is 10.5 Å². The number of benzene rings is 3. The summed E-state index contributed by atoms with van der Waals surface area (Å²) in [6, 6.07) is 21.5. The second kappa shape index (κ2) is 9.12. The summed E-state index contributed by atoms with van der Waals surface area (Å²) in [7, 11) is 0. The first-order valence-corrected chi connectivity index (χ1v) is 10.7. The second-order valence-corrected chi connectivity index (χ2v) is 8.33. The largest absolute Gasteiger partial charge is 0.477 e. The topological polar surface area (TPSA) is 88.4 Å². The summed E-state index contributed by atoms with van der Waals surface area (Å²) in [5.41, 5.74) is 2.87. The lowest BCUT2D eigenvalue weighted by molar-refractivity contribution is 0.0695. The van der Waals surface area contributed by atoms with E-state index in [1.165, 1.54) is 16.2 Å². The van der Waals surface area contributed by atoms with Crippen LogP contribution in [0.1, 0.15) is 29.8 Å². The molecule has 3 aromatic carbocycles. The number of hydrogen-bond acceptors (Lipinski definition) is 3. The first-order chi connectivity index (χ1) is 15.8. The maximum absolute atomic E-state index is 13.2. The molecule has 6 nitrogen and oxygen atoms in total. The third-order valence-electron chi connectivity index (χ3n) is 5.44. The van der Waals surface area contributed by atoms with Gasteiger partial charge in [-0.05, 0) is 41.7 Å². The van der Waals surface area contributed by atoms with E-state index in [4.69, 9.17) is 0 Å². The van der Waals surface area contributed by atoms with Gasteiger partial charge in [-0.3, -0.25) is 9.36 Å². The Hall–Kier alpha value is -4.19. The number of aromatic nitrogens is 1. The Balaban J connectivity index is 1.73. The van der Waals surface area contributed by atoms with E-state index in [0.29, 0.717) is 17.1 Å². The molecule has 4 aromatic rings. The summed E-state index contributed by atoms with van der Waals surface area (Å²) in [5, 5.41) is 12.5. The van der Waals surface area contributed by atoms with Crippen molar-refractivity contribution in [2.24, 2.45) is 5.92 Å². The normalized spacial score (nSPS) is 11.0. The van der Waals surface area contributed by atoms with Crippen molar-refractivity contribution in [1.29, 1.82) is 0 Å². The van der Waals surface area contributed by atoms with Gasteiger partial charge >= 0.3 is 12.0 Å². The lowest BCUT2D eigenvalue weighted by Crippen LogP contribution is -2.25. The monoisotopic (exact) mass is 440 g/mol. The lowest BCUT2D eigenvalue weighted by Gasteiger charge is -2.15. The van der Waals surface area contributed by atoms with Gasteiger partial charge in [0.25, 0.3) is 0 Å². The molecule has 1 amide bonds. The predicted molar refractivity (Wildman–Crippen MR) is 130 cm³/mol. The van der Waals surface area contributed by atoms with Gasteiger partial charge in [0.1, 0.15) is 5.56 Å². The third-order valence-corrected chi connectivity index (χ3v) is 5.44. The molecule has 0 aliphatic rings. The van der Waals surface area contributed by atoms with Gasteiger partial charge in [0.15, 0.2) is 0 Å². The lowest BCUT2D eigenvalue weighted by atomic mass is 9.98. The number of amides is 1. The average molecular weight is 440 g/mol. The van der Waals surface area contributed by atoms with E-state index >= 15 is 0 Å². The Labute approximate surface area is 191 Å². The number of hydrogen-bond donors (Lipinski definition) is 2. The van der Waals surface area contributed by atoms with Crippen molar-refractivity contribution >= 4 is 28.6 Å². The molecule has 0 fully saturated rings. The molecule has 0 saturated carbocycles. The van der Waals surface area contributed by atoms with Crippen molar-refractivity contribution in [2.75, 3.05) is 5.32 Å². The van der Waals surface area contributed by atoms with E-state index in [1.54, 1.807) is 24.3 Å². The molecule has 0 unspecified atom stereocenters. The molecule has 0 atom stereocenters. The smallest absolute Gasteiger partial charge is 0.341 e. The van der Waals surface area contributed by atoms with Crippen LogP contribution < -0.4 is 10.7 Å². The quantitative estimate of drug-likeness (QED) is 0.420. The molecule has 166 valence electrons. The van der Waals surface area contributed by atoms with Gasteiger partial charge in [0, 0.05) is 17.1 Å². The molecule has 0 spiro atoms. The average Bonchev–Trinajstić information content (AvgIpc) is 2.80. The zero-order valence-corrected chi connectivity index (χ0v) is 18.4. The minimum absolute atomic E-state index is 0.168. The molecule has 33 heavy (non-hydrogen) atoms. The van der Waals surface area contributed by atoms with Crippen molar-refractivity contribution in [3.8, 4) is 11.1 Å². The molecule has 0 saturated heterocycles. The summed E-state index contributed by atoms with van der Waals surface area (Å²) in [6.45, 7) is 4.35. The zero-order chi connectivity index (χ0) is 23.5. The van der Waals surface area contributed by atoms with Gasteiger partial charge in [0.05, 0.1) is 11.2 Å². The molecular formula is C27H24N2O4. The van der Waals surface area contributed by atoms with Crippen LogP contribution >= 0.6 is 0 Å². The summed E-state index contributed by atoms with van der Waals surface area (Å²) in [6.07, 6.45) is 2.07. The fourth-order valence-corrected chi connectivity index (χ4v) is 3.91. The summed E-state index contributed by atoms with van der Waals surface area (Å²) >= 11 is 0. The van der Waals surface area contributed by atoms with Gasteiger partial charge in [-0.1, -0.05) is 68.4 Å². The number of fused-ring (bicyclic) bond motifs is 1. The maximum atomic E-state index is 13.2. The van der Waals surface area contributed by atoms with Crippen molar-refractivity contribution in [3.05, 3.63) is 100 Å². The first kappa shape index (κ1) is 22.0. The van der Waals surface area contributed by atoms with Crippen LogP contribution in [0.25, 0.3) is 22.0 Å². The molecule has 1 aromatic heterocycles. The van der Waals surface area contributed by atoms with Gasteiger partial charge in [0.2, 0.25) is 5.43 Å². The highest BCUT2D eigenvalue weighted by Crippen LogP contribution is 2.29. The van der Waals surface area contributed by atoms with Crippen molar-refractivity contribution in [1.82, 2.24) is 4.57 Å². The Bertz CT molecular complexity index is 1400. The van der Waals surface area contributed by atoms with Crippen molar-refractivity contribution in [3.63, 3.8) is 0 Å². The number of aromatic carboxylic acids is 1. The summed E-state index contributed by atoms with van der Waals surface area (Å²) < 4.78 is 1.17. The van der Waals surface area contributed by atoms with E-state index in [-0.39, 0.29) is 5.39 Å². The molecule has 0 aliphatic carbocycles. The highest BCUT2D eigenvalue weighted by molar-refractivity contribution is 6.02. The molecule has 6 heteroatoms. The third kappa shape index (κ3) is 4.55. The number of pyridine rings is 1. The minimum Gasteiger partial charge on any atom is -0.477 e. The molecule has 0 aliphatic heterocycles. The van der Waals surface area contributed by atoms with Crippen LogP contribution in [-0.2, 0) is 6.42 Å². The minimum atomic E-state index is -1.38. The van der Waals surface area contributed by atoms with Gasteiger partial charge in [-0.25, -0.2) is 9.59 Å². The number of para-hydroxylation sites is 2. The number of carbonyl (C=O) groups is 2. The van der Waals surface area contributed by atoms with E-state index in [1.807, 2.05) is 30.3 Å². The van der Waals surface area contributed by atoms with E-state index in [2.05, 4.69) is 31.3 Å². The number of carbonyl (C=O) groups excluding carboxylic acids is 1. The van der Waals surface area contributed by atoms with E-state index in [9.17, 15) is 19.5 Å². The Morgan fingerprint density at radius 2 is 1.61 bits per heavy atom. The molecule has 2 N–H and O–H groups in total. The number of anilines is 1. The second-order valence-electron chi connectivity index (χ2n) is 8.33. The van der Waals surface area contributed by atoms with Crippen molar-refractivity contribution < 1.29 is 14.7 Å².